The molecule has 12 nitrogen and oxygen atoms in total. The molecule has 154 valence electrons. The van der Waals surface area contributed by atoms with Crippen molar-refractivity contribution >= 4 is 41.4 Å². The summed E-state index contributed by atoms with van der Waals surface area (Å²) >= 11 is 1.18. The lowest BCUT2D eigenvalue weighted by Crippen LogP contribution is -2.71. The Morgan fingerprint density at radius 3 is 2.83 bits per heavy atom. The molecular weight excluding hydrogens is 408 g/mol. The highest BCUT2D eigenvalue weighted by atomic mass is 32.2. The summed E-state index contributed by atoms with van der Waals surface area (Å²) in [6.45, 7) is -0.387. The number of thioether (sulfide) groups is 1. The average molecular weight is 423 g/mol. The number of hydrogen-bond acceptors (Lipinski definition) is 10. The first kappa shape index (κ1) is 20.3. The molecule has 2 atom stereocenters. The van der Waals surface area contributed by atoms with Crippen LogP contribution in [0.15, 0.2) is 39.2 Å². The van der Waals surface area contributed by atoms with Gasteiger partial charge in [0.15, 0.2) is 5.76 Å². The van der Waals surface area contributed by atoms with Gasteiger partial charge in [-0.25, -0.2) is 4.79 Å². The Balaban J connectivity index is 1.77. The number of ether oxygens (including phenoxy) is 1. The number of nitrogens with zero attached hydrogens (tertiary/aromatic N) is 2. The summed E-state index contributed by atoms with van der Waals surface area (Å²) in [4.78, 5) is 53.0. The number of amides is 3. The lowest BCUT2D eigenvalue weighted by molar-refractivity contribution is -0.301. The minimum absolute atomic E-state index is 0.130. The Morgan fingerprint density at radius 2 is 2.24 bits per heavy atom. The first-order valence-corrected chi connectivity index (χ1v) is 9.16. The Labute approximate surface area is 167 Å². The van der Waals surface area contributed by atoms with Crippen LogP contribution in [-0.2, 0) is 24.0 Å². The SMILES string of the molecule is CO/N=C(/C(=O)N[C@@H]1C(=O)N2C(C(=O)[O-])=C(COC(N)=O)CS[C@H]12)c1ccco1. The van der Waals surface area contributed by atoms with Crippen LogP contribution >= 0.6 is 11.8 Å². The molecule has 2 aliphatic heterocycles. The maximum Gasteiger partial charge on any atom is 0.404 e. The molecule has 1 fully saturated rings. The third-order valence-electron chi connectivity index (χ3n) is 4.07. The minimum atomic E-state index is -1.60. The number of primary amides is 1. The van der Waals surface area contributed by atoms with E-state index >= 15 is 0 Å². The molecule has 0 aliphatic carbocycles. The molecule has 3 N–H and O–H groups in total. The Kier molecular flexibility index (Phi) is 5.77. The van der Waals surface area contributed by atoms with Gasteiger partial charge in [-0.15, -0.1) is 11.8 Å². The maximum absolute atomic E-state index is 12.5. The highest BCUT2D eigenvalue weighted by Crippen LogP contribution is 2.40. The van der Waals surface area contributed by atoms with Crippen molar-refractivity contribution in [1.29, 1.82) is 0 Å². The van der Waals surface area contributed by atoms with Gasteiger partial charge in [0.2, 0.25) is 5.71 Å². The molecule has 0 aromatic carbocycles. The largest absolute Gasteiger partial charge is 0.543 e. The first-order chi connectivity index (χ1) is 13.8. The van der Waals surface area contributed by atoms with E-state index in [2.05, 4.69) is 20.0 Å². The normalized spacial score (nSPS) is 21.2. The van der Waals surface area contributed by atoms with E-state index in [1.165, 1.54) is 31.2 Å². The zero-order valence-corrected chi connectivity index (χ0v) is 15.8. The van der Waals surface area contributed by atoms with E-state index in [1.807, 2.05) is 0 Å². The van der Waals surface area contributed by atoms with Crippen LogP contribution in [0.2, 0.25) is 0 Å². The summed E-state index contributed by atoms with van der Waals surface area (Å²) in [7, 11) is 1.25. The number of carbonyl (C=O) groups is 4. The second-order valence-electron chi connectivity index (χ2n) is 5.81. The smallest absolute Gasteiger partial charge is 0.404 e. The highest BCUT2D eigenvalue weighted by Gasteiger charge is 2.53. The number of carboxylic acids is 1. The molecule has 3 heterocycles. The van der Waals surface area contributed by atoms with Crippen LogP contribution in [0.1, 0.15) is 5.76 Å². The summed E-state index contributed by atoms with van der Waals surface area (Å²) in [6.07, 6.45) is 0.262. The second-order valence-corrected chi connectivity index (χ2v) is 6.91. The molecule has 0 radical (unpaired) electrons. The first-order valence-electron chi connectivity index (χ1n) is 8.11. The van der Waals surface area contributed by atoms with E-state index in [1.54, 1.807) is 6.07 Å². The predicted molar refractivity (Wildman–Crippen MR) is 94.8 cm³/mol. The highest BCUT2D eigenvalue weighted by molar-refractivity contribution is 8.00. The third-order valence-corrected chi connectivity index (χ3v) is 5.41. The van der Waals surface area contributed by atoms with Gasteiger partial charge in [0.25, 0.3) is 11.8 Å². The fourth-order valence-electron chi connectivity index (χ4n) is 2.85. The molecule has 0 unspecified atom stereocenters. The molecule has 0 saturated carbocycles. The van der Waals surface area contributed by atoms with Crippen molar-refractivity contribution < 1.29 is 38.3 Å². The van der Waals surface area contributed by atoms with E-state index in [0.29, 0.717) is 0 Å². The van der Waals surface area contributed by atoms with Crippen molar-refractivity contribution in [2.45, 2.75) is 11.4 Å². The van der Waals surface area contributed by atoms with E-state index in [9.17, 15) is 24.3 Å². The number of nitrogens with one attached hydrogen (secondary N) is 1. The summed E-state index contributed by atoms with van der Waals surface area (Å²) in [6, 6.07) is 2.04. The van der Waals surface area contributed by atoms with Gasteiger partial charge in [0.1, 0.15) is 25.1 Å². The molecule has 3 amide bonds. The number of aliphatic carboxylic acids is 1. The fraction of sp³-hybridized carbons (Fsp3) is 0.312. The number of rotatable bonds is 7. The van der Waals surface area contributed by atoms with Crippen molar-refractivity contribution in [2.24, 2.45) is 10.9 Å². The fourth-order valence-corrected chi connectivity index (χ4v) is 4.18. The number of carbonyl (C=O) groups excluding carboxylic acids is 4. The van der Waals surface area contributed by atoms with Gasteiger partial charge < -0.3 is 34.9 Å². The topological polar surface area (TPSA) is 177 Å². The van der Waals surface area contributed by atoms with Crippen molar-refractivity contribution in [3.05, 3.63) is 35.4 Å². The third kappa shape index (κ3) is 3.89. The molecule has 0 bridgehead atoms. The number of β-lactam (4-membered cyclic amide) rings is 1. The Morgan fingerprint density at radius 1 is 1.48 bits per heavy atom. The Bertz CT molecular complexity index is 910. The number of carboxylic acid groups (broad SMARTS) is 1. The maximum atomic E-state index is 12.5. The molecule has 29 heavy (non-hydrogen) atoms. The Hall–Kier alpha value is -3.48. The number of furan rings is 1. The van der Waals surface area contributed by atoms with E-state index < -0.39 is 41.0 Å². The van der Waals surface area contributed by atoms with Crippen LogP contribution < -0.4 is 16.2 Å². The monoisotopic (exact) mass is 423 g/mol. The van der Waals surface area contributed by atoms with E-state index in [4.69, 9.17) is 10.2 Å². The van der Waals surface area contributed by atoms with Gasteiger partial charge >= 0.3 is 6.09 Å². The van der Waals surface area contributed by atoms with Crippen LogP contribution in [0.4, 0.5) is 4.79 Å². The second kappa shape index (κ2) is 8.26. The zero-order valence-electron chi connectivity index (χ0n) is 14.9. The van der Waals surface area contributed by atoms with Crippen LogP contribution in [0, 0.1) is 0 Å². The minimum Gasteiger partial charge on any atom is -0.543 e. The van der Waals surface area contributed by atoms with Gasteiger partial charge in [0, 0.05) is 11.3 Å². The van der Waals surface area contributed by atoms with Gasteiger partial charge in [-0.3, -0.25) is 14.5 Å². The van der Waals surface area contributed by atoms with Gasteiger partial charge in [0.05, 0.1) is 17.9 Å². The molecular formula is C16H15N4O8S-. The number of fused-ring (bicyclic) bond motifs is 1. The van der Waals surface area contributed by atoms with Crippen LogP contribution in [0.5, 0.6) is 0 Å². The van der Waals surface area contributed by atoms with Gasteiger partial charge in [-0.2, -0.15) is 0 Å². The van der Waals surface area contributed by atoms with Gasteiger partial charge in [-0.1, -0.05) is 5.16 Å². The van der Waals surface area contributed by atoms with E-state index in [-0.39, 0.29) is 29.4 Å². The molecule has 1 aromatic heterocycles. The van der Waals surface area contributed by atoms with Crippen molar-refractivity contribution in [2.75, 3.05) is 19.5 Å². The molecule has 1 saturated heterocycles. The molecule has 0 spiro atoms. The zero-order chi connectivity index (χ0) is 21.1. The molecule has 3 rings (SSSR count). The van der Waals surface area contributed by atoms with Crippen LogP contribution in [0.25, 0.3) is 0 Å². The lowest BCUT2D eigenvalue weighted by atomic mass is 10.0. The van der Waals surface area contributed by atoms with Gasteiger partial charge in [-0.05, 0) is 12.1 Å². The quantitative estimate of drug-likeness (QED) is 0.289. The summed E-state index contributed by atoms with van der Waals surface area (Å²) in [5, 5.41) is 17.0. The van der Waals surface area contributed by atoms with Crippen LogP contribution in [-0.4, -0.2) is 65.4 Å². The average Bonchev–Trinajstić information content (AvgIpc) is 3.21. The standard InChI is InChI=1S/C16H16N4O8S/c1-26-19-9(8-3-2-4-27-8)12(21)18-10-13(22)20-11(15(23)24)7(5-28-16(17)25)6-29-14(10)20/h2-4,10,14H,5-6H2,1H3,(H2,17,25)(H,18,21)(H,23,24)/p-1/b19-9+/t10-,14-/m1/s1. The number of nitrogens with two attached hydrogens (primary N) is 1. The van der Waals surface area contributed by atoms with E-state index in [0.717, 1.165) is 4.90 Å². The van der Waals surface area contributed by atoms with Crippen LogP contribution in [0.3, 0.4) is 0 Å². The number of hydrogen-bond donors (Lipinski definition) is 2. The predicted octanol–water partition coefficient (Wildman–Crippen LogP) is -1.87. The molecule has 2 aliphatic rings. The summed E-state index contributed by atoms with van der Waals surface area (Å²) < 4.78 is 9.75. The van der Waals surface area contributed by atoms with Crippen molar-refractivity contribution in [3.8, 4) is 0 Å². The van der Waals surface area contributed by atoms with Crippen molar-refractivity contribution in [1.82, 2.24) is 10.2 Å². The summed E-state index contributed by atoms with van der Waals surface area (Å²) in [5.41, 5.74) is 4.48. The molecule has 13 heteroatoms. The number of oxime groups is 1. The van der Waals surface area contributed by atoms with Crippen molar-refractivity contribution in [3.63, 3.8) is 0 Å². The molecule has 1 aromatic rings. The summed E-state index contributed by atoms with van der Waals surface area (Å²) in [5.74, 6) is -2.74. The lowest BCUT2D eigenvalue weighted by Gasteiger charge is -2.50.